The van der Waals surface area contributed by atoms with Gasteiger partial charge in [0.15, 0.2) is 0 Å². The molecular formula is C14H22N2O2. The van der Waals surface area contributed by atoms with Crippen molar-refractivity contribution in [3.8, 4) is 5.75 Å². The Morgan fingerprint density at radius 2 is 2.00 bits per heavy atom. The number of aryl methyl sites for hydroxylation is 1. The molecule has 1 rings (SSSR count). The Kier molecular flexibility index (Phi) is 4.35. The maximum absolute atomic E-state index is 12.0. The van der Waals surface area contributed by atoms with Gasteiger partial charge in [0.25, 0.3) is 0 Å². The standard InChI is InChI=1S/C14H22N2O2/c1-9-8-10(18-5)6-7-11(9)16-13(17)12(15)14(2,3)4/h6-8,12H,15H2,1-5H3,(H,16,17)/t12-/m0/s1. The number of nitrogens with two attached hydrogens (primary N) is 1. The summed E-state index contributed by atoms with van der Waals surface area (Å²) in [6.45, 7) is 7.75. The normalized spacial score (nSPS) is 13.0. The van der Waals surface area contributed by atoms with E-state index in [2.05, 4.69) is 5.32 Å². The van der Waals surface area contributed by atoms with Crippen LogP contribution in [0.25, 0.3) is 0 Å². The lowest BCUT2D eigenvalue weighted by Gasteiger charge is -2.26. The van der Waals surface area contributed by atoms with Gasteiger partial charge in [-0.15, -0.1) is 0 Å². The molecule has 0 radical (unpaired) electrons. The van der Waals surface area contributed by atoms with Gasteiger partial charge < -0.3 is 15.8 Å². The number of ether oxygens (including phenoxy) is 1. The molecule has 1 atom stereocenters. The average molecular weight is 250 g/mol. The highest BCUT2D eigenvalue weighted by atomic mass is 16.5. The van der Waals surface area contributed by atoms with Crippen molar-refractivity contribution in [2.24, 2.45) is 11.1 Å². The van der Waals surface area contributed by atoms with E-state index in [1.165, 1.54) is 0 Å². The van der Waals surface area contributed by atoms with Crippen LogP contribution in [0, 0.1) is 12.3 Å². The summed E-state index contributed by atoms with van der Waals surface area (Å²) in [5.41, 5.74) is 7.36. The second kappa shape index (κ2) is 5.40. The summed E-state index contributed by atoms with van der Waals surface area (Å²) >= 11 is 0. The molecule has 3 N–H and O–H groups in total. The number of amides is 1. The highest BCUT2D eigenvalue weighted by Gasteiger charge is 2.27. The van der Waals surface area contributed by atoms with E-state index in [1.54, 1.807) is 7.11 Å². The largest absolute Gasteiger partial charge is 0.497 e. The zero-order chi connectivity index (χ0) is 13.9. The second-order valence-corrected chi connectivity index (χ2v) is 5.51. The molecule has 0 aliphatic carbocycles. The van der Waals surface area contributed by atoms with Gasteiger partial charge >= 0.3 is 0 Å². The molecule has 1 aromatic rings. The number of nitrogens with one attached hydrogen (secondary N) is 1. The van der Waals surface area contributed by atoms with Gasteiger partial charge in [-0.1, -0.05) is 20.8 Å². The number of anilines is 1. The topological polar surface area (TPSA) is 64.3 Å². The van der Waals surface area contributed by atoms with Gasteiger partial charge in [0.05, 0.1) is 13.2 Å². The van der Waals surface area contributed by atoms with Crippen LogP contribution in [-0.4, -0.2) is 19.1 Å². The molecule has 0 saturated heterocycles. The summed E-state index contributed by atoms with van der Waals surface area (Å²) < 4.78 is 5.12. The van der Waals surface area contributed by atoms with Gasteiger partial charge in [-0.05, 0) is 36.1 Å². The molecule has 100 valence electrons. The Morgan fingerprint density at radius 1 is 1.39 bits per heavy atom. The molecular weight excluding hydrogens is 228 g/mol. The van der Waals surface area contributed by atoms with Crippen molar-refractivity contribution in [1.29, 1.82) is 0 Å². The summed E-state index contributed by atoms with van der Waals surface area (Å²) in [7, 11) is 1.61. The predicted octanol–water partition coefficient (Wildman–Crippen LogP) is 2.32. The third kappa shape index (κ3) is 3.47. The van der Waals surface area contributed by atoms with Crippen LogP contribution in [0.5, 0.6) is 5.75 Å². The smallest absolute Gasteiger partial charge is 0.241 e. The van der Waals surface area contributed by atoms with Crippen LogP contribution in [0.3, 0.4) is 0 Å². The van der Waals surface area contributed by atoms with E-state index < -0.39 is 6.04 Å². The fourth-order valence-corrected chi connectivity index (χ4v) is 1.51. The molecule has 4 nitrogen and oxygen atoms in total. The van der Waals surface area contributed by atoms with Crippen molar-refractivity contribution in [1.82, 2.24) is 0 Å². The average Bonchev–Trinajstić information content (AvgIpc) is 2.29. The Morgan fingerprint density at radius 3 is 2.44 bits per heavy atom. The lowest BCUT2D eigenvalue weighted by atomic mass is 9.87. The molecule has 0 bridgehead atoms. The number of rotatable bonds is 3. The van der Waals surface area contributed by atoms with Crippen molar-refractivity contribution in [2.75, 3.05) is 12.4 Å². The van der Waals surface area contributed by atoms with Gasteiger partial charge in [-0.3, -0.25) is 4.79 Å². The molecule has 4 heteroatoms. The van der Waals surface area contributed by atoms with Crippen LogP contribution < -0.4 is 15.8 Å². The summed E-state index contributed by atoms with van der Waals surface area (Å²) in [5, 5.41) is 2.85. The van der Waals surface area contributed by atoms with E-state index in [-0.39, 0.29) is 11.3 Å². The van der Waals surface area contributed by atoms with Crippen molar-refractivity contribution in [3.63, 3.8) is 0 Å². The SMILES string of the molecule is COc1ccc(NC(=O)[C@H](N)C(C)(C)C)c(C)c1. The minimum Gasteiger partial charge on any atom is -0.497 e. The maximum Gasteiger partial charge on any atom is 0.241 e. The van der Waals surface area contributed by atoms with Crippen molar-refractivity contribution >= 4 is 11.6 Å². The van der Waals surface area contributed by atoms with Gasteiger partial charge in [0.2, 0.25) is 5.91 Å². The highest BCUT2D eigenvalue weighted by Crippen LogP contribution is 2.23. The molecule has 0 spiro atoms. The molecule has 0 saturated carbocycles. The lowest BCUT2D eigenvalue weighted by Crippen LogP contribution is -2.45. The van der Waals surface area contributed by atoms with Gasteiger partial charge in [-0.25, -0.2) is 0 Å². The fraction of sp³-hybridized carbons (Fsp3) is 0.500. The first-order valence-electron chi connectivity index (χ1n) is 5.97. The van der Waals surface area contributed by atoms with Gasteiger partial charge in [0.1, 0.15) is 5.75 Å². The monoisotopic (exact) mass is 250 g/mol. The van der Waals surface area contributed by atoms with E-state index in [0.717, 1.165) is 17.0 Å². The lowest BCUT2D eigenvalue weighted by molar-refractivity contribution is -0.119. The quantitative estimate of drug-likeness (QED) is 0.865. The zero-order valence-electron chi connectivity index (χ0n) is 11.7. The number of methoxy groups -OCH3 is 1. The van der Waals surface area contributed by atoms with Crippen LogP contribution >= 0.6 is 0 Å². The van der Waals surface area contributed by atoms with Crippen LogP contribution in [0.15, 0.2) is 18.2 Å². The number of carbonyl (C=O) groups is 1. The third-order valence-corrected chi connectivity index (χ3v) is 2.91. The third-order valence-electron chi connectivity index (χ3n) is 2.91. The van der Waals surface area contributed by atoms with Crippen LogP contribution in [0.4, 0.5) is 5.69 Å². The molecule has 0 heterocycles. The Hall–Kier alpha value is -1.55. The number of carbonyl (C=O) groups excluding carboxylic acids is 1. The van der Waals surface area contributed by atoms with Gasteiger partial charge in [0, 0.05) is 5.69 Å². The van der Waals surface area contributed by atoms with Crippen molar-refractivity contribution in [2.45, 2.75) is 33.7 Å². The number of hydrogen-bond donors (Lipinski definition) is 2. The molecule has 18 heavy (non-hydrogen) atoms. The Bertz CT molecular complexity index is 436. The molecule has 1 amide bonds. The summed E-state index contributed by atoms with van der Waals surface area (Å²) in [5.74, 6) is 0.599. The summed E-state index contributed by atoms with van der Waals surface area (Å²) in [6.07, 6.45) is 0. The first kappa shape index (κ1) is 14.5. The van der Waals surface area contributed by atoms with E-state index in [9.17, 15) is 4.79 Å². The number of hydrogen-bond acceptors (Lipinski definition) is 3. The minimum absolute atomic E-state index is 0.171. The van der Waals surface area contributed by atoms with E-state index in [0.29, 0.717) is 0 Å². The zero-order valence-corrected chi connectivity index (χ0v) is 11.7. The Balaban J connectivity index is 2.83. The fourth-order valence-electron chi connectivity index (χ4n) is 1.51. The maximum atomic E-state index is 12.0. The summed E-state index contributed by atoms with van der Waals surface area (Å²) in [6, 6.07) is 4.96. The first-order valence-corrected chi connectivity index (χ1v) is 5.97. The van der Waals surface area contributed by atoms with E-state index in [4.69, 9.17) is 10.5 Å². The van der Waals surface area contributed by atoms with Crippen molar-refractivity contribution < 1.29 is 9.53 Å². The molecule has 0 aromatic heterocycles. The van der Waals surface area contributed by atoms with Crippen LogP contribution in [-0.2, 0) is 4.79 Å². The molecule has 0 aliphatic heterocycles. The minimum atomic E-state index is -0.543. The van der Waals surface area contributed by atoms with Crippen LogP contribution in [0.1, 0.15) is 26.3 Å². The highest BCUT2D eigenvalue weighted by molar-refractivity contribution is 5.95. The second-order valence-electron chi connectivity index (χ2n) is 5.51. The molecule has 0 unspecified atom stereocenters. The summed E-state index contributed by atoms with van der Waals surface area (Å²) in [4.78, 5) is 12.0. The van der Waals surface area contributed by atoms with Crippen molar-refractivity contribution in [3.05, 3.63) is 23.8 Å². The predicted molar refractivity (Wildman–Crippen MR) is 73.8 cm³/mol. The first-order chi connectivity index (χ1) is 8.25. The molecule has 0 aliphatic rings. The van der Waals surface area contributed by atoms with Crippen LogP contribution in [0.2, 0.25) is 0 Å². The van der Waals surface area contributed by atoms with E-state index >= 15 is 0 Å². The number of benzene rings is 1. The Labute approximate surface area is 109 Å². The molecule has 1 aromatic carbocycles. The van der Waals surface area contributed by atoms with E-state index in [1.807, 2.05) is 45.9 Å². The molecule has 0 fully saturated rings. The van der Waals surface area contributed by atoms with Gasteiger partial charge in [-0.2, -0.15) is 0 Å².